The number of benzene rings is 1. The summed E-state index contributed by atoms with van der Waals surface area (Å²) in [6.07, 6.45) is 0.632. The molecule has 0 saturated heterocycles. The summed E-state index contributed by atoms with van der Waals surface area (Å²) in [6.45, 7) is 0. The highest BCUT2D eigenvalue weighted by Crippen LogP contribution is 2.27. The highest BCUT2D eigenvalue weighted by atomic mass is 35.5. The normalized spacial score (nSPS) is 12.1. The maximum Gasteiger partial charge on any atom is 0.229 e. The van der Waals surface area contributed by atoms with Crippen LogP contribution in [0, 0.1) is 0 Å². The van der Waals surface area contributed by atoms with Crippen LogP contribution in [-0.4, -0.2) is 12.4 Å². The molecule has 0 aliphatic carbocycles. The SMILES string of the molecule is COc1cccc(C(Cc2cccs2)C(=O)Cl)c1. The van der Waals surface area contributed by atoms with Gasteiger partial charge in [-0.05, 0) is 47.2 Å². The van der Waals surface area contributed by atoms with Crippen molar-refractivity contribution in [1.29, 1.82) is 0 Å². The van der Waals surface area contributed by atoms with E-state index in [1.165, 1.54) is 0 Å². The molecule has 1 aromatic carbocycles. The van der Waals surface area contributed by atoms with Gasteiger partial charge >= 0.3 is 0 Å². The molecule has 1 atom stereocenters. The summed E-state index contributed by atoms with van der Waals surface area (Å²) < 4.78 is 5.17. The molecule has 0 radical (unpaired) electrons. The number of carbonyl (C=O) groups excluding carboxylic acids is 1. The third-order valence-electron chi connectivity index (χ3n) is 2.76. The molecule has 18 heavy (non-hydrogen) atoms. The molecule has 0 spiro atoms. The van der Waals surface area contributed by atoms with Crippen LogP contribution < -0.4 is 4.74 Å². The average molecular weight is 281 g/mol. The summed E-state index contributed by atoms with van der Waals surface area (Å²) >= 11 is 7.35. The Hall–Kier alpha value is -1.32. The Bertz CT molecular complexity index is 522. The van der Waals surface area contributed by atoms with Gasteiger partial charge in [0.15, 0.2) is 0 Å². The van der Waals surface area contributed by atoms with Crippen molar-refractivity contribution < 1.29 is 9.53 Å². The van der Waals surface area contributed by atoms with Gasteiger partial charge < -0.3 is 4.74 Å². The monoisotopic (exact) mass is 280 g/mol. The van der Waals surface area contributed by atoms with Crippen LogP contribution >= 0.6 is 22.9 Å². The van der Waals surface area contributed by atoms with Gasteiger partial charge in [-0.25, -0.2) is 0 Å². The van der Waals surface area contributed by atoms with E-state index in [1.807, 2.05) is 41.8 Å². The predicted octanol–water partition coefficient (Wildman–Crippen LogP) is 3.85. The first-order valence-electron chi connectivity index (χ1n) is 5.56. The average Bonchev–Trinajstić information content (AvgIpc) is 2.88. The smallest absolute Gasteiger partial charge is 0.229 e. The Balaban J connectivity index is 2.26. The summed E-state index contributed by atoms with van der Waals surface area (Å²) in [5.41, 5.74) is 0.891. The molecule has 94 valence electrons. The van der Waals surface area contributed by atoms with Gasteiger partial charge in [-0.15, -0.1) is 11.3 Å². The second-order valence-corrected chi connectivity index (χ2v) is 5.32. The first-order chi connectivity index (χ1) is 8.70. The number of rotatable bonds is 5. The van der Waals surface area contributed by atoms with E-state index >= 15 is 0 Å². The van der Waals surface area contributed by atoms with Crippen molar-refractivity contribution in [3.63, 3.8) is 0 Å². The van der Waals surface area contributed by atoms with Gasteiger partial charge in [-0.3, -0.25) is 4.79 Å². The zero-order valence-electron chi connectivity index (χ0n) is 9.93. The van der Waals surface area contributed by atoms with Crippen LogP contribution in [-0.2, 0) is 11.2 Å². The number of hydrogen-bond acceptors (Lipinski definition) is 3. The van der Waals surface area contributed by atoms with Crippen molar-refractivity contribution in [3.8, 4) is 5.75 Å². The first kappa shape index (κ1) is 13.1. The van der Waals surface area contributed by atoms with Crippen LogP contribution in [0.4, 0.5) is 0 Å². The maximum absolute atomic E-state index is 11.6. The van der Waals surface area contributed by atoms with E-state index in [4.69, 9.17) is 16.3 Å². The van der Waals surface area contributed by atoms with Crippen molar-refractivity contribution in [2.24, 2.45) is 0 Å². The molecule has 0 bridgehead atoms. The van der Waals surface area contributed by atoms with Gasteiger partial charge in [-0.2, -0.15) is 0 Å². The van der Waals surface area contributed by atoms with Gasteiger partial charge in [0.05, 0.1) is 13.0 Å². The Morgan fingerprint density at radius 1 is 1.39 bits per heavy atom. The minimum atomic E-state index is -0.336. The maximum atomic E-state index is 11.6. The van der Waals surface area contributed by atoms with Crippen molar-refractivity contribution in [3.05, 3.63) is 52.2 Å². The fraction of sp³-hybridized carbons (Fsp3) is 0.214. The quantitative estimate of drug-likeness (QED) is 0.778. The van der Waals surface area contributed by atoms with Crippen molar-refractivity contribution in [2.75, 3.05) is 7.11 Å². The molecule has 4 heteroatoms. The lowest BCUT2D eigenvalue weighted by Crippen LogP contribution is -2.09. The minimum Gasteiger partial charge on any atom is -0.497 e. The summed E-state index contributed by atoms with van der Waals surface area (Å²) in [4.78, 5) is 12.7. The predicted molar refractivity (Wildman–Crippen MR) is 74.6 cm³/mol. The summed E-state index contributed by atoms with van der Waals surface area (Å²) in [5, 5.41) is 1.66. The lowest BCUT2D eigenvalue weighted by Gasteiger charge is -2.13. The Labute approximate surface area is 115 Å². The topological polar surface area (TPSA) is 26.3 Å². The molecule has 1 aromatic heterocycles. The van der Waals surface area contributed by atoms with E-state index in [9.17, 15) is 4.79 Å². The minimum absolute atomic E-state index is 0.319. The standard InChI is InChI=1S/C14H13ClO2S/c1-17-11-5-2-4-10(8-11)13(14(15)16)9-12-6-3-7-18-12/h2-8,13H,9H2,1H3. The molecule has 2 nitrogen and oxygen atoms in total. The fourth-order valence-electron chi connectivity index (χ4n) is 1.82. The van der Waals surface area contributed by atoms with Gasteiger partial charge in [0.1, 0.15) is 5.75 Å². The third kappa shape index (κ3) is 3.12. The third-order valence-corrected chi connectivity index (χ3v) is 3.92. The molecule has 1 heterocycles. The van der Waals surface area contributed by atoms with Gasteiger partial charge in [-0.1, -0.05) is 18.2 Å². The number of methoxy groups -OCH3 is 1. The Kier molecular flexibility index (Phi) is 4.39. The van der Waals surface area contributed by atoms with Crippen LogP contribution in [0.3, 0.4) is 0 Å². The van der Waals surface area contributed by atoms with Crippen LogP contribution in [0.25, 0.3) is 0 Å². The van der Waals surface area contributed by atoms with E-state index in [1.54, 1.807) is 18.4 Å². The van der Waals surface area contributed by atoms with Crippen molar-refractivity contribution in [2.45, 2.75) is 12.3 Å². The molecule has 0 N–H and O–H groups in total. The van der Waals surface area contributed by atoms with E-state index < -0.39 is 0 Å². The van der Waals surface area contributed by atoms with Crippen molar-refractivity contribution in [1.82, 2.24) is 0 Å². The summed E-state index contributed by atoms with van der Waals surface area (Å²) in [5.74, 6) is 0.419. The molecule has 0 saturated carbocycles. The number of halogens is 1. The van der Waals surface area contributed by atoms with Crippen LogP contribution in [0.15, 0.2) is 41.8 Å². The first-order valence-corrected chi connectivity index (χ1v) is 6.82. The number of ether oxygens (including phenoxy) is 1. The number of carbonyl (C=O) groups is 1. The summed E-state index contributed by atoms with van der Waals surface area (Å²) in [7, 11) is 1.61. The second-order valence-electron chi connectivity index (χ2n) is 3.92. The molecule has 0 fully saturated rings. The van der Waals surface area contributed by atoms with E-state index in [-0.39, 0.29) is 11.2 Å². The second kappa shape index (κ2) is 6.03. The Morgan fingerprint density at radius 2 is 2.22 bits per heavy atom. The van der Waals surface area contributed by atoms with Crippen LogP contribution in [0.2, 0.25) is 0 Å². The van der Waals surface area contributed by atoms with E-state index in [0.717, 1.165) is 16.2 Å². The largest absolute Gasteiger partial charge is 0.497 e. The van der Waals surface area contributed by atoms with Crippen molar-refractivity contribution >= 4 is 28.2 Å². The Morgan fingerprint density at radius 3 is 2.83 bits per heavy atom. The molecule has 1 unspecified atom stereocenters. The summed E-state index contributed by atoms with van der Waals surface area (Å²) in [6, 6.07) is 11.5. The van der Waals surface area contributed by atoms with Crippen LogP contribution in [0.1, 0.15) is 16.4 Å². The highest BCUT2D eigenvalue weighted by molar-refractivity contribution is 7.09. The zero-order chi connectivity index (χ0) is 13.0. The van der Waals surface area contributed by atoms with Gasteiger partial charge in [0.2, 0.25) is 5.24 Å². The van der Waals surface area contributed by atoms with E-state index in [2.05, 4.69) is 0 Å². The number of thiophene rings is 1. The van der Waals surface area contributed by atoms with Gasteiger partial charge in [0, 0.05) is 4.88 Å². The lowest BCUT2D eigenvalue weighted by atomic mass is 9.96. The lowest BCUT2D eigenvalue weighted by molar-refractivity contribution is -0.113. The fourth-order valence-corrected chi connectivity index (χ4v) is 2.77. The van der Waals surface area contributed by atoms with E-state index in [0.29, 0.717) is 6.42 Å². The molecule has 0 amide bonds. The molecule has 2 aromatic rings. The molecule has 0 aliphatic rings. The molecular formula is C14H13ClO2S. The van der Waals surface area contributed by atoms with Gasteiger partial charge in [0.25, 0.3) is 0 Å². The zero-order valence-corrected chi connectivity index (χ0v) is 11.5. The number of hydrogen-bond donors (Lipinski definition) is 0. The highest BCUT2D eigenvalue weighted by Gasteiger charge is 2.20. The molecule has 0 aliphatic heterocycles. The van der Waals surface area contributed by atoms with Crippen LogP contribution in [0.5, 0.6) is 5.75 Å². The molecular weight excluding hydrogens is 268 g/mol. The molecule has 2 rings (SSSR count).